The number of anilines is 2. The van der Waals surface area contributed by atoms with E-state index in [4.69, 9.17) is 23.2 Å². The standard InChI is InChI=1S/C21H19BrCl2N4O3S/c1-3-26-32(30,31)18-12-25-20-27(17-9-15(23)8-16(24)10-17)19(29)21(2,28(18)20)11-13-4-6-14(22)7-5-13/h4-10,12,26H,3,11H2,1-2H3. The molecule has 7 nitrogen and oxygen atoms in total. The Balaban J connectivity index is 1.92. The van der Waals surface area contributed by atoms with Gasteiger partial charge in [0.25, 0.3) is 15.9 Å². The van der Waals surface area contributed by atoms with Gasteiger partial charge in [-0.1, -0.05) is 58.2 Å². The fourth-order valence-electron chi connectivity index (χ4n) is 3.88. The summed E-state index contributed by atoms with van der Waals surface area (Å²) in [6.45, 7) is 3.60. The molecule has 2 aromatic carbocycles. The van der Waals surface area contributed by atoms with Crippen LogP contribution in [0.1, 0.15) is 19.4 Å². The molecule has 2 heterocycles. The zero-order valence-electron chi connectivity index (χ0n) is 17.1. The molecule has 1 aromatic heterocycles. The molecule has 0 fully saturated rings. The summed E-state index contributed by atoms with van der Waals surface area (Å²) in [5.41, 5.74) is 0.0134. The third-order valence-electron chi connectivity index (χ3n) is 5.25. The quantitative estimate of drug-likeness (QED) is 0.468. The summed E-state index contributed by atoms with van der Waals surface area (Å²) < 4.78 is 30.8. The molecule has 1 aliphatic heterocycles. The number of hydrogen-bond donors (Lipinski definition) is 1. The lowest BCUT2D eigenvalue weighted by Gasteiger charge is -2.26. The lowest BCUT2D eigenvalue weighted by atomic mass is 9.92. The van der Waals surface area contributed by atoms with Crippen LogP contribution in [-0.2, 0) is 26.8 Å². The molecule has 1 aliphatic rings. The highest BCUT2D eigenvalue weighted by Crippen LogP contribution is 2.44. The number of amides is 1. The lowest BCUT2D eigenvalue weighted by Crippen LogP contribution is -2.42. The van der Waals surface area contributed by atoms with E-state index < -0.39 is 15.6 Å². The van der Waals surface area contributed by atoms with Crippen molar-refractivity contribution >= 4 is 66.7 Å². The van der Waals surface area contributed by atoms with E-state index in [0.717, 1.165) is 10.0 Å². The number of imidazole rings is 1. The number of nitrogens with one attached hydrogen (secondary N) is 1. The van der Waals surface area contributed by atoms with Crippen molar-refractivity contribution in [2.24, 2.45) is 0 Å². The van der Waals surface area contributed by atoms with E-state index in [1.807, 2.05) is 24.3 Å². The number of hydrogen-bond acceptors (Lipinski definition) is 4. The number of nitrogens with zero attached hydrogens (tertiary/aromatic N) is 3. The summed E-state index contributed by atoms with van der Waals surface area (Å²) in [6.07, 6.45) is 1.51. The minimum atomic E-state index is -3.90. The van der Waals surface area contributed by atoms with Gasteiger partial charge >= 0.3 is 0 Å². The van der Waals surface area contributed by atoms with E-state index in [2.05, 4.69) is 25.6 Å². The Hall–Kier alpha value is -1.91. The molecule has 1 N–H and O–H groups in total. The number of fused-ring (bicyclic) bond motifs is 1. The van der Waals surface area contributed by atoms with Crippen LogP contribution in [0.4, 0.5) is 11.6 Å². The first kappa shape index (κ1) is 23.3. The van der Waals surface area contributed by atoms with Crippen LogP contribution in [0, 0.1) is 0 Å². The van der Waals surface area contributed by atoms with Crippen molar-refractivity contribution in [3.05, 3.63) is 68.7 Å². The van der Waals surface area contributed by atoms with E-state index in [9.17, 15) is 13.2 Å². The molecular weight excluding hydrogens is 539 g/mol. The van der Waals surface area contributed by atoms with Crippen LogP contribution in [0.2, 0.25) is 10.0 Å². The second-order valence-corrected chi connectivity index (χ2v) is 11.1. The molecule has 0 saturated heterocycles. The van der Waals surface area contributed by atoms with Gasteiger partial charge in [-0.15, -0.1) is 0 Å². The summed E-state index contributed by atoms with van der Waals surface area (Å²) >= 11 is 15.8. The summed E-state index contributed by atoms with van der Waals surface area (Å²) in [5.74, 6) is -0.153. The average molecular weight is 558 g/mol. The Labute approximate surface area is 204 Å². The molecule has 1 atom stereocenters. The Morgan fingerprint density at radius 2 is 1.75 bits per heavy atom. The molecule has 4 rings (SSSR count). The highest BCUT2D eigenvalue weighted by Gasteiger charge is 2.51. The summed E-state index contributed by atoms with van der Waals surface area (Å²) in [5, 5.41) is 0.610. The van der Waals surface area contributed by atoms with E-state index in [-0.39, 0.29) is 29.8 Å². The van der Waals surface area contributed by atoms with Gasteiger partial charge in [0.15, 0.2) is 5.03 Å². The van der Waals surface area contributed by atoms with Gasteiger partial charge in [0.2, 0.25) is 5.95 Å². The molecular formula is C21H19BrCl2N4O3S. The minimum Gasteiger partial charge on any atom is -0.284 e. The fourth-order valence-corrected chi connectivity index (χ4v) is 5.91. The predicted molar refractivity (Wildman–Crippen MR) is 128 cm³/mol. The Morgan fingerprint density at radius 1 is 1.12 bits per heavy atom. The zero-order chi connectivity index (χ0) is 23.3. The molecule has 0 aliphatic carbocycles. The summed E-state index contributed by atoms with van der Waals surface area (Å²) in [6, 6.07) is 12.3. The molecule has 0 saturated carbocycles. The molecule has 3 aromatic rings. The first-order valence-electron chi connectivity index (χ1n) is 9.70. The lowest BCUT2D eigenvalue weighted by molar-refractivity contribution is -0.124. The molecule has 168 valence electrons. The number of sulfonamides is 1. The molecule has 0 bridgehead atoms. The van der Waals surface area contributed by atoms with Crippen LogP contribution in [0.5, 0.6) is 0 Å². The van der Waals surface area contributed by atoms with Crippen LogP contribution in [-0.4, -0.2) is 30.4 Å². The Bertz CT molecular complexity index is 1290. The predicted octanol–water partition coefficient (Wildman–Crippen LogP) is 4.89. The van der Waals surface area contributed by atoms with Gasteiger partial charge in [-0.3, -0.25) is 9.36 Å². The van der Waals surface area contributed by atoms with Crippen molar-refractivity contribution < 1.29 is 13.2 Å². The Kier molecular flexibility index (Phi) is 6.15. The van der Waals surface area contributed by atoms with Crippen LogP contribution < -0.4 is 9.62 Å². The van der Waals surface area contributed by atoms with Crippen molar-refractivity contribution in [1.82, 2.24) is 14.3 Å². The van der Waals surface area contributed by atoms with Crippen molar-refractivity contribution in [2.75, 3.05) is 11.4 Å². The second kappa shape index (κ2) is 8.46. The van der Waals surface area contributed by atoms with Crippen molar-refractivity contribution in [3.8, 4) is 0 Å². The van der Waals surface area contributed by atoms with Gasteiger partial charge in [0.05, 0.1) is 11.9 Å². The monoisotopic (exact) mass is 556 g/mol. The van der Waals surface area contributed by atoms with Gasteiger partial charge in [-0.05, 0) is 42.8 Å². The van der Waals surface area contributed by atoms with Gasteiger partial charge in [0, 0.05) is 27.5 Å². The second-order valence-electron chi connectivity index (χ2n) is 7.58. The SMILES string of the molecule is CCNS(=O)(=O)c1cnc2n1C(C)(Cc1ccc(Br)cc1)C(=O)N2c1cc(Cl)cc(Cl)c1. The first-order valence-corrected chi connectivity index (χ1v) is 12.7. The van der Waals surface area contributed by atoms with Crippen LogP contribution in [0.25, 0.3) is 0 Å². The van der Waals surface area contributed by atoms with E-state index in [0.29, 0.717) is 15.7 Å². The van der Waals surface area contributed by atoms with Gasteiger partial charge < -0.3 is 0 Å². The molecule has 11 heteroatoms. The third kappa shape index (κ3) is 3.97. The molecule has 0 radical (unpaired) electrons. The number of carbonyl (C=O) groups is 1. The number of aromatic nitrogens is 2. The maximum absolute atomic E-state index is 13.8. The molecule has 0 spiro atoms. The zero-order valence-corrected chi connectivity index (χ0v) is 21.1. The highest BCUT2D eigenvalue weighted by atomic mass is 79.9. The van der Waals surface area contributed by atoms with Gasteiger partial charge in [-0.2, -0.15) is 0 Å². The Morgan fingerprint density at radius 3 is 2.34 bits per heavy atom. The minimum absolute atomic E-state index is 0.0852. The smallest absolute Gasteiger partial charge is 0.260 e. The maximum atomic E-state index is 13.8. The topological polar surface area (TPSA) is 84.3 Å². The largest absolute Gasteiger partial charge is 0.284 e. The van der Waals surface area contributed by atoms with Crippen molar-refractivity contribution in [2.45, 2.75) is 30.8 Å². The van der Waals surface area contributed by atoms with E-state index in [1.54, 1.807) is 32.0 Å². The molecule has 32 heavy (non-hydrogen) atoms. The number of benzene rings is 2. The van der Waals surface area contributed by atoms with E-state index in [1.165, 1.54) is 15.7 Å². The number of halogens is 3. The maximum Gasteiger partial charge on any atom is 0.260 e. The van der Waals surface area contributed by atoms with Gasteiger partial charge in [0.1, 0.15) is 5.54 Å². The normalized spacial score (nSPS) is 18.3. The van der Waals surface area contributed by atoms with Crippen molar-refractivity contribution in [1.29, 1.82) is 0 Å². The van der Waals surface area contributed by atoms with Gasteiger partial charge in [-0.25, -0.2) is 23.0 Å². The molecule has 1 amide bonds. The van der Waals surface area contributed by atoms with Crippen LogP contribution in [0.15, 0.2) is 58.2 Å². The first-order chi connectivity index (χ1) is 15.1. The van der Waals surface area contributed by atoms with E-state index >= 15 is 0 Å². The number of carbonyl (C=O) groups excluding carboxylic acids is 1. The summed E-state index contributed by atoms with van der Waals surface area (Å²) in [7, 11) is -3.90. The fraction of sp³-hybridized carbons (Fsp3) is 0.238. The highest BCUT2D eigenvalue weighted by molar-refractivity contribution is 9.10. The van der Waals surface area contributed by atoms with Crippen molar-refractivity contribution in [3.63, 3.8) is 0 Å². The average Bonchev–Trinajstić information content (AvgIpc) is 3.22. The number of rotatable bonds is 6. The van der Waals surface area contributed by atoms with Crippen LogP contribution in [0.3, 0.4) is 0 Å². The molecule has 1 unspecified atom stereocenters. The third-order valence-corrected chi connectivity index (χ3v) is 7.72. The van der Waals surface area contributed by atoms with Crippen LogP contribution >= 0.6 is 39.1 Å². The summed E-state index contributed by atoms with van der Waals surface area (Å²) in [4.78, 5) is 19.5.